The molecule has 1 aromatic rings. The Morgan fingerprint density at radius 2 is 1.90 bits per heavy atom. The Balaban J connectivity index is 1.54. The number of alkyl halides is 3. The molecule has 3 fully saturated rings. The van der Waals surface area contributed by atoms with Gasteiger partial charge in [-0.3, -0.25) is 9.69 Å². The fraction of sp³-hybridized carbons (Fsp3) is 0.632. The minimum absolute atomic E-state index is 0.0653. The van der Waals surface area contributed by atoms with Crippen LogP contribution in [0.3, 0.4) is 0 Å². The number of sulfonamides is 1. The molecular weight excluding hydrogens is 407 g/mol. The summed E-state index contributed by atoms with van der Waals surface area (Å²) >= 11 is 0. The van der Waals surface area contributed by atoms with Gasteiger partial charge in [0, 0.05) is 19.1 Å². The highest BCUT2D eigenvalue weighted by molar-refractivity contribution is 7.89. The van der Waals surface area contributed by atoms with Crippen molar-refractivity contribution in [3.8, 4) is 0 Å². The Bertz CT molecular complexity index is 905. The third kappa shape index (κ3) is 3.66. The topological polar surface area (TPSA) is 83.7 Å². The minimum atomic E-state index is -4.60. The standard InChI is InChI=1S/C19H24F3N3O3S/c20-19(21,22)13-3-1-4-14(9-13)29(27,28)24-10-12-6-7-16(15(12)11-24)25-8-2-5-17(25)18(23)26/h1,3-4,9,12,15-17H,2,5-8,10-11H2,(H2,23,26)/t12-,15+,16+,17-/m0/s1. The van der Waals surface area contributed by atoms with Crippen LogP contribution in [0.2, 0.25) is 0 Å². The van der Waals surface area contributed by atoms with Crippen LogP contribution in [-0.2, 0) is 21.0 Å². The molecule has 1 saturated carbocycles. The van der Waals surface area contributed by atoms with Gasteiger partial charge in [-0.1, -0.05) is 6.07 Å². The lowest BCUT2D eigenvalue weighted by atomic mass is 9.96. The molecule has 2 saturated heterocycles. The summed E-state index contributed by atoms with van der Waals surface area (Å²) in [7, 11) is -4.02. The summed E-state index contributed by atoms with van der Waals surface area (Å²) in [6.45, 7) is 1.33. The number of amides is 1. The average Bonchev–Trinajstić information content (AvgIpc) is 3.36. The number of rotatable bonds is 4. The summed E-state index contributed by atoms with van der Waals surface area (Å²) in [5.41, 5.74) is 4.56. The van der Waals surface area contributed by atoms with Crippen LogP contribution in [0.25, 0.3) is 0 Å². The van der Waals surface area contributed by atoms with E-state index in [0.29, 0.717) is 12.6 Å². The molecule has 160 valence electrons. The highest BCUT2D eigenvalue weighted by atomic mass is 32.2. The molecule has 2 aliphatic heterocycles. The van der Waals surface area contributed by atoms with Crippen LogP contribution in [0, 0.1) is 11.8 Å². The maximum Gasteiger partial charge on any atom is 0.416 e. The fourth-order valence-electron chi connectivity index (χ4n) is 5.28. The van der Waals surface area contributed by atoms with Gasteiger partial charge in [-0.2, -0.15) is 17.5 Å². The molecule has 0 aromatic heterocycles. The van der Waals surface area contributed by atoms with Crippen LogP contribution >= 0.6 is 0 Å². The predicted molar refractivity (Wildman–Crippen MR) is 99.1 cm³/mol. The van der Waals surface area contributed by atoms with E-state index in [0.717, 1.165) is 44.4 Å². The van der Waals surface area contributed by atoms with Crippen LogP contribution in [0.15, 0.2) is 29.2 Å². The Morgan fingerprint density at radius 1 is 1.14 bits per heavy atom. The lowest BCUT2D eigenvalue weighted by Crippen LogP contribution is -2.48. The van der Waals surface area contributed by atoms with E-state index in [9.17, 15) is 26.4 Å². The van der Waals surface area contributed by atoms with Gasteiger partial charge in [-0.05, 0) is 62.3 Å². The van der Waals surface area contributed by atoms with Gasteiger partial charge in [0.2, 0.25) is 15.9 Å². The number of halogens is 3. The largest absolute Gasteiger partial charge is 0.416 e. The van der Waals surface area contributed by atoms with Crippen LogP contribution in [0.4, 0.5) is 13.2 Å². The number of benzene rings is 1. The van der Waals surface area contributed by atoms with Gasteiger partial charge >= 0.3 is 6.18 Å². The van der Waals surface area contributed by atoms with Crippen molar-refractivity contribution in [3.05, 3.63) is 29.8 Å². The zero-order valence-electron chi connectivity index (χ0n) is 15.8. The molecule has 2 N–H and O–H groups in total. The molecule has 2 heterocycles. The van der Waals surface area contributed by atoms with Crippen LogP contribution in [-0.4, -0.2) is 55.2 Å². The molecular formula is C19H24F3N3O3S. The molecule has 3 aliphatic rings. The van der Waals surface area contributed by atoms with E-state index in [-0.39, 0.29) is 41.3 Å². The highest BCUT2D eigenvalue weighted by Gasteiger charge is 2.50. The van der Waals surface area contributed by atoms with Crippen molar-refractivity contribution >= 4 is 15.9 Å². The third-order valence-corrected chi connectivity index (χ3v) is 8.46. The highest BCUT2D eigenvalue weighted by Crippen LogP contribution is 2.44. The van der Waals surface area contributed by atoms with Crippen molar-refractivity contribution in [2.45, 2.75) is 48.8 Å². The number of hydrogen-bond acceptors (Lipinski definition) is 4. The Labute approximate surface area is 167 Å². The van der Waals surface area contributed by atoms with Crippen molar-refractivity contribution < 1.29 is 26.4 Å². The predicted octanol–water partition coefficient (Wildman–Crippen LogP) is 2.05. The van der Waals surface area contributed by atoms with E-state index in [1.807, 2.05) is 0 Å². The second kappa shape index (κ2) is 7.24. The molecule has 6 nitrogen and oxygen atoms in total. The molecule has 0 bridgehead atoms. The summed E-state index contributed by atoms with van der Waals surface area (Å²) < 4.78 is 66.3. The number of carbonyl (C=O) groups excluding carboxylic acids is 1. The van der Waals surface area contributed by atoms with Crippen LogP contribution in [0.1, 0.15) is 31.2 Å². The van der Waals surface area contributed by atoms with Crippen molar-refractivity contribution in [1.29, 1.82) is 0 Å². The molecule has 1 aliphatic carbocycles. The molecule has 0 radical (unpaired) electrons. The minimum Gasteiger partial charge on any atom is -0.368 e. The van der Waals surface area contributed by atoms with E-state index in [1.54, 1.807) is 0 Å². The van der Waals surface area contributed by atoms with Gasteiger partial charge in [-0.15, -0.1) is 0 Å². The lowest BCUT2D eigenvalue weighted by molar-refractivity contribution is -0.137. The second-order valence-electron chi connectivity index (χ2n) is 8.21. The Morgan fingerprint density at radius 3 is 2.59 bits per heavy atom. The number of primary amides is 1. The second-order valence-corrected chi connectivity index (χ2v) is 10.2. The third-order valence-electron chi connectivity index (χ3n) is 6.63. The van der Waals surface area contributed by atoms with Gasteiger partial charge in [0.1, 0.15) is 0 Å². The summed E-state index contributed by atoms with van der Waals surface area (Å²) in [5.74, 6) is -0.136. The quantitative estimate of drug-likeness (QED) is 0.791. The van der Waals surface area contributed by atoms with Crippen molar-refractivity contribution in [3.63, 3.8) is 0 Å². The first-order valence-electron chi connectivity index (χ1n) is 9.81. The zero-order valence-corrected chi connectivity index (χ0v) is 16.6. The molecule has 1 amide bonds. The number of fused-ring (bicyclic) bond motifs is 1. The number of hydrogen-bond donors (Lipinski definition) is 1. The maximum absolute atomic E-state index is 13.0. The summed E-state index contributed by atoms with van der Waals surface area (Å²) in [5, 5.41) is 0. The van der Waals surface area contributed by atoms with Crippen molar-refractivity contribution in [1.82, 2.24) is 9.21 Å². The van der Waals surface area contributed by atoms with Crippen molar-refractivity contribution in [2.75, 3.05) is 19.6 Å². The number of nitrogens with two attached hydrogens (primary N) is 1. The summed E-state index contributed by atoms with van der Waals surface area (Å²) in [6, 6.07) is 3.67. The number of likely N-dealkylation sites (tertiary alicyclic amines) is 1. The molecule has 0 spiro atoms. The van der Waals surface area contributed by atoms with Gasteiger partial charge in [0.05, 0.1) is 16.5 Å². The molecule has 29 heavy (non-hydrogen) atoms. The number of carbonyl (C=O) groups is 1. The smallest absolute Gasteiger partial charge is 0.368 e. The monoisotopic (exact) mass is 431 g/mol. The summed E-state index contributed by atoms with van der Waals surface area (Å²) in [4.78, 5) is 13.5. The normalized spacial score (nSPS) is 31.3. The van der Waals surface area contributed by atoms with Crippen molar-refractivity contribution in [2.24, 2.45) is 17.6 Å². The first-order valence-corrected chi connectivity index (χ1v) is 11.3. The van der Waals surface area contributed by atoms with E-state index in [4.69, 9.17) is 5.73 Å². The number of nitrogens with zero attached hydrogens (tertiary/aromatic N) is 2. The Hall–Kier alpha value is -1.65. The lowest BCUT2D eigenvalue weighted by Gasteiger charge is -2.33. The van der Waals surface area contributed by atoms with Gasteiger partial charge in [-0.25, -0.2) is 8.42 Å². The molecule has 0 unspecified atom stereocenters. The fourth-order valence-corrected chi connectivity index (χ4v) is 6.86. The van der Waals surface area contributed by atoms with Gasteiger partial charge in [0.25, 0.3) is 0 Å². The summed E-state index contributed by atoms with van der Waals surface area (Å²) in [6.07, 6.45) is -1.27. The molecule has 10 heteroatoms. The zero-order chi connectivity index (χ0) is 21.0. The van der Waals surface area contributed by atoms with Crippen LogP contribution < -0.4 is 5.73 Å². The first-order chi connectivity index (χ1) is 13.6. The van der Waals surface area contributed by atoms with Crippen LogP contribution in [0.5, 0.6) is 0 Å². The maximum atomic E-state index is 13.0. The van der Waals surface area contributed by atoms with E-state index in [1.165, 1.54) is 10.4 Å². The van der Waals surface area contributed by atoms with E-state index in [2.05, 4.69) is 4.90 Å². The average molecular weight is 431 g/mol. The molecule has 1 aromatic carbocycles. The van der Waals surface area contributed by atoms with E-state index >= 15 is 0 Å². The molecule has 4 atom stereocenters. The molecule has 4 rings (SSSR count). The van der Waals surface area contributed by atoms with E-state index < -0.39 is 21.8 Å². The van der Waals surface area contributed by atoms with Gasteiger partial charge in [0.15, 0.2) is 0 Å². The van der Waals surface area contributed by atoms with Gasteiger partial charge < -0.3 is 5.73 Å². The first kappa shape index (κ1) is 20.6. The Kier molecular flexibility index (Phi) is 5.15. The SMILES string of the molecule is NC(=O)[C@@H]1CCCN1[C@@H]1CC[C@H]2CN(S(=O)(=O)c3cccc(C(F)(F)F)c3)C[C@H]21.